The summed E-state index contributed by atoms with van der Waals surface area (Å²) in [4.78, 5) is 35.5. The Morgan fingerprint density at radius 1 is 1.00 bits per heavy atom. The van der Waals surface area contributed by atoms with Crippen molar-refractivity contribution in [3.05, 3.63) is 119 Å². The molecule has 1 fully saturated rings. The molecule has 2 aromatic carbocycles. The standard InChI is InChI=1S/C26H28F3N5O3.C7H8/c1-17-16-37-24(33-17)22-7-3-10-34(22)25(36)20-6-2-5-19(12-20)23(35)32-9-4-8-30-13-18-11-21(15-31-14-18)26(27,28)29;1-7-5-3-2-4-6-7/h2,5-6,11-12,14-16,22,30H,3-4,7-10,13H2,1H3,(H,32,35);2-6H,1H3. The van der Waals surface area contributed by atoms with Crippen molar-refractivity contribution in [2.75, 3.05) is 19.6 Å². The number of hydrogen-bond donors (Lipinski definition) is 2. The van der Waals surface area contributed by atoms with Gasteiger partial charge in [-0.2, -0.15) is 13.2 Å². The number of aromatic nitrogens is 2. The fourth-order valence-corrected chi connectivity index (χ4v) is 4.77. The van der Waals surface area contributed by atoms with Gasteiger partial charge in [-0.15, -0.1) is 0 Å². The van der Waals surface area contributed by atoms with Crippen LogP contribution in [0.25, 0.3) is 0 Å². The van der Waals surface area contributed by atoms with Crippen LogP contribution < -0.4 is 10.6 Å². The molecule has 0 bridgehead atoms. The molecule has 11 heteroatoms. The SMILES string of the molecule is Cc1ccccc1.Cc1coc(C2CCCN2C(=O)c2cccc(C(=O)NCCCNCc3cncc(C(F)(F)F)c3)c2)n1. The van der Waals surface area contributed by atoms with Crippen LogP contribution in [-0.2, 0) is 12.7 Å². The number of hydrogen-bond acceptors (Lipinski definition) is 6. The molecule has 2 amide bonds. The van der Waals surface area contributed by atoms with Crippen molar-refractivity contribution in [3.63, 3.8) is 0 Å². The summed E-state index contributed by atoms with van der Waals surface area (Å²) in [5, 5.41) is 5.86. The zero-order valence-corrected chi connectivity index (χ0v) is 24.7. The average molecular weight is 608 g/mol. The third kappa shape index (κ3) is 9.24. The highest BCUT2D eigenvalue weighted by atomic mass is 19.4. The van der Waals surface area contributed by atoms with Gasteiger partial charge in [-0.3, -0.25) is 14.6 Å². The Kier molecular flexibility index (Phi) is 11.3. The summed E-state index contributed by atoms with van der Waals surface area (Å²) in [6, 6.07) is 17.7. The second kappa shape index (κ2) is 15.3. The number of likely N-dealkylation sites (tertiary alicyclic amines) is 1. The topological polar surface area (TPSA) is 100 Å². The van der Waals surface area contributed by atoms with E-state index >= 15 is 0 Å². The number of oxazole rings is 1. The number of pyridine rings is 1. The lowest BCUT2D eigenvalue weighted by Gasteiger charge is -2.22. The molecule has 0 saturated carbocycles. The monoisotopic (exact) mass is 607 g/mol. The molecule has 44 heavy (non-hydrogen) atoms. The fraction of sp³-hybridized carbons (Fsp3) is 0.333. The van der Waals surface area contributed by atoms with Gasteiger partial charge in [-0.05, 0) is 69.5 Å². The van der Waals surface area contributed by atoms with E-state index in [1.807, 2.05) is 25.1 Å². The maximum atomic E-state index is 13.2. The van der Waals surface area contributed by atoms with E-state index in [2.05, 4.69) is 39.7 Å². The van der Waals surface area contributed by atoms with Crippen LogP contribution in [0.15, 0.2) is 83.7 Å². The van der Waals surface area contributed by atoms with E-state index in [0.29, 0.717) is 48.6 Å². The molecule has 232 valence electrons. The van der Waals surface area contributed by atoms with Crippen molar-refractivity contribution < 1.29 is 27.2 Å². The van der Waals surface area contributed by atoms with Crippen molar-refractivity contribution in [3.8, 4) is 0 Å². The third-order valence-electron chi connectivity index (χ3n) is 7.01. The zero-order chi connectivity index (χ0) is 31.5. The molecule has 1 aliphatic heterocycles. The van der Waals surface area contributed by atoms with Gasteiger partial charge in [0.1, 0.15) is 12.3 Å². The van der Waals surface area contributed by atoms with E-state index in [9.17, 15) is 22.8 Å². The molecule has 1 aliphatic rings. The number of carbonyl (C=O) groups is 2. The maximum absolute atomic E-state index is 13.2. The van der Waals surface area contributed by atoms with Crippen molar-refractivity contribution in [1.29, 1.82) is 0 Å². The first-order chi connectivity index (χ1) is 21.1. The summed E-state index contributed by atoms with van der Waals surface area (Å²) in [6.07, 6.45) is 1.50. The highest BCUT2D eigenvalue weighted by Crippen LogP contribution is 2.33. The van der Waals surface area contributed by atoms with Gasteiger partial charge >= 0.3 is 6.18 Å². The molecule has 1 saturated heterocycles. The van der Waals surface area contributed by atoms with Crippen LogP contribution in [0.2, 0.25) is 0 Å². The number of alkyl halides is 3. The Balaban J connectivity index is 0.000000555. The minimum atomic E-state index is -4.43. The molecule has 3 heterocycles. The van der Waals surface area contributed by atoms with Crippen LogP contribution in [0, 0.1) is 13.8 Å². The van der Waals surface area contributed by atoms with Crippen LogP contribution in [0.1, 0.15) is 74.3 Å². The number of nitrogens with zero attached hydrogens (tertiary/aromatic N) is 3. The summed E-state index contributed by atoms with van der Waals surface area (Å²) < 4.78 is 43.9. The summed E-state index contributed by atoms with van der Waals surface area (Å²) in [7, 11) is 0. The predicted octanol–water partition coefficient (Wildman–Crippen LogP) is 6.28. The Labute approximate surface area is 254 Å². The van der Waals surface area contributed by atoms with Gasteiger partial charge < -0.3 is 20.0 Å². The Hall–Kier alpha value is -4.51. The van der Waals surface area contributed by atoms with E-state index in [1.54, 1.807) is 35.4 Å². The summed E-state index contributed by atoms with van der Waals surface area (Å²) >= 11 is 0. The van der Waals surface area contributed by atoms with Crippen molar-refractivity contribution >= 4 is 11.8 Å². The smallest absolute Gasteiger partial charge is 0.417 e. The Morgan fingerprint density at radius 3 is 2.45 bits per heavy atom. The van der Waals surface area contributed by atoms with Gasteiger partial charge in [-0.1, -0.05) is 42.0 Å². The van der Waals surface area contributed by atoms with Gasteiger partial charge in [0.05, 0.1) is 11.3 Å². The highest BCUT2D eigenvalue weighted by Gasteiger charge is 2.34. The van der Waals surface area contributed by atoms with Crippen LogP contribution in [-0.4, -0.2) is 46.3 Å². The normalized spacial score (nSPS) is 14.6. The Morgan fingerprint density at radius 2 is 1.77 bits per heavy atom. The van der Waals surface area contributed by atoms with Gasteiger partial charge in [0, 0.05) is 43.2 Å². The molecule has 5 rings (SSSR count). The van der Waals surface area contributed by atoms with E-state index in [0.717, 1.165) is 30.8 Å². The molecule has 0 spiro atoms. The van der Waals surface area contributed by atoms with Gasteiger partial charge in [0.2, 0.25) is 5.89 Å². The number of rotatable bonds is 9. The lowest BCUT2D eigenvalue weighted by molar-refractivity contribution is -0.137. The van der Waals surface area contributed by atoms with Crippen molar-refractivity contribution in [1.82, 2.24) is 25.5 Å². The summed E-state index contributed by atoms with van der Waals surface area (Å²) in [5.74, 6) is 0.0366. The predicted molar refractivity (Wildman–Crippen MR) is 160 cm³/mol. The lowest BCUT2D eigenvalue weighted by Crippen LogP contribution is -2.31. The minimum absolute atomic E-state index is 0.179. The fourth-order valence-electron chi connectivity index (χ4n) is 4.77. The number of nitrogens with one attached hydrogen (secondary N) is 2. The Bertz CT molecular complexity index is 1520. The molecular weight excluding hydrogens is 571 g/mol. The number of aryl methyl sites for hydroxylation is 2. The van der Waals surface area contributed by atoms with Gasteiger partial charge in [0.15, 0.2) is 0 Å². The van der Waals surface area contributed by atoms with Crippen LogP contribution in [0.5, 0.6) is 0 Å². The molecule has 1 atom stereocenters. The average Bonchev–Trinajstić information content (AvgIpc) is 3.68. The highest BCUT2D eigenvalue weighted by molar-refractivity contribution is 5.99. The van der Waals surface area contributed by atoms with E-state index in [4.69, 9.17) is 4.42 Å². The molecule has 0 radical (unpaired) electrons. The van der Waals surface area contributed by atoms with Gasteiger partial charge in [-0.25, -0.2) is 4.98 Å². The first-order valence-corrected chi connectivity index (χ1v) is 14.5. The zero-order valence-electron chi connectivity index (χ0n) is 24.7. The van der Waals surface area contributed by atoms with Crippen molar-refractivity contribution in [2.45, 2.75) is 51.9 Å². The number of amides is 2. The third-order valence-corrected chi connectivity index (χ3v) is 7.01. The number of carbonyl (C=O) groups excluding carboxylic acids is 2. The van der Waals surface area contributed by atoms with E-state index in [1.165, 1.54) is 11.8 Å². The first-order valence-electron chi connectivity index (χ1n) is 14.5. The van der Waals surface area contributed by atoms with Crippen molar-refractivity contribution in [2.24, 2.45) is 0 Å². The molecule has 0 aliphatic carbocycles. The lowest BCUT2D eigenvalue weighted by atomic mass is 10.1. The molecular formula is C33H36F3N5O3. The summed E-state index contributed by atoms with van der Waals surface area (Å²) in [6.45, 7) is 5.60. The molecule has 2 aromatic heterocycles. The molecule has 4 aromatic rings. The molecule has 1 unspecified atom stereocenters. The minimum Gasteiger partial charge on any atom is -0.446 e. The summed E-state index contributed by atoms with van der Waals surface area (Å²) in [5.41, 5.74) is 2.51. The molecule has 2 N–H and O–H groups in total. The first kappa shape index (κ1) is 32.4. The van der Waals surface area contributed by atoms with Gasteiger partial charge in [0.25, 0.3) is 11.8 Å². The second-order valence-corrected chi connectivity index (χ2v) is 10.6. The number of halogens is 3. The maximum Gasteiger partial charge on any atom is 0.417 e. The second-order valence-electron chi connectivity index (χ2n) is 10.6. The quantitative estimate of drug-likeness (QED) is 0.217. The van der Waals surface area contributed by atoms with Crippen LogP contribution in [0.3, 0.4) is 0 Å². The van der Waals surface area contributed by atoms with Crippen LogP contribution in [0.4, 0.5) is 13.2 Å². The van der Waals surface area contributed by atoms with E-state index < -0.39 is 11.7 Å². The molecule has 8 nitrogen and oxygen atoms in total. The largest absolute Gasteiger partial charge is 0.446 e. The van der Waals surface area contributed by atoms with E-state index in [-0.39, 0.29) is 24.4 Å². The van der Waals surface area contributed by atoms with Crippen LogP contribution >= 0.6 is 0 Å². The number of benzene rings is 2.